The quantitative estimate of drug-likeness (QED) is 0.333. The fraction of sp³-hybridized carbons (Fsp3) is 0.167. The van der Waals surface area contributed by atoms with Crippen LogP contribution in [0.25, 0.3) is 0 Å². The lowest BCUT2D eigenvalue weighted by Crippen LogP contribution is -2.35. The summed E-state index contributed by atoms with van der Waals surface area (Å²) in [5.41, 5.74) is 5.12. The predicted molar refractivity (Wildman–Crippen MR) is 127 cm³/mol. The molecule has 1 amide bonds. The zero-order chi connectivity index (χ0) is 22.1. The first-order chi connectivity index (χ1) is 15.1. The maximum atomic E-state index is 12.4. The van der Waals surface area contributed by atoms with Crippen molar-refractivity contribution in [2.75, 3.05) is 12.4 Å². The third-order valence-corrected chi connectivity index (χ3v) is 4.95. The Morgan fingerprint density at radius 1 is 1.06 bits per heavy atom. The van der Waals surface area contributed by atoms with Crippen LogP contribution in [0.4, 0.5) is 5.69 Å². The molecule has 0 bridgehead atoms. The van der Waals surface area contributed by atoms with Gasteiger partial charge in [0.05, 0.1) is 19.0 Å². The second kappa shape index (κ2) is 11.2. The number of methoxy groups -OCH3 is 1. The van der Waals surface area contributed by atoms with Crippen LogP contribution in [0.2, 0.25) is 0 Å². The molecule has 6 nitrogen and oxygen atoms in total. The van der Waals surface area contributed by atoms with Crippen LogP contribution in [0.1, 0.15) is 18.1 Å². The van der Waals surface area contributed by atoms with Crippen LogP contribution in [0.15, 0.2) is 82.4 Å². The van der Waals surface area contributed by atoms with Crippen molar-refractivity contribution in [2.45, 2.75) is 19.6 Å². The third-order valence-electron chi connectivity index (χ3n) is 4.45. The Kier molecular flexibility index (Phi) is 8.06. The molecule has 3 aromatic carbocycles. The number of nitrogens with one attached hydrogen (secondary N) is 2. The lowest BCUT2D eigenvalue weighted by atomic mass is 10.2. The molecular formula is C24H24BrN3O3. The van der Waals surface area contributed by atoms with Crippen molar-refractivity contribution in [2.24, 2.45) is 5.10 Å². The number of carbonyl (C=O) groups excluding carboxylic acids is 1. The molecule has 3 aromatic rings. The largest absolute Gasteiger partial charge is 0.495 e. The van der Waals surface area contributed by atoms with Gasteiger partial charge < -0.3 is 14.8 Å². The number of amides is 1. The topological polar surface area (TPSA) is 72.0 Å². The van der Waals surface area contributed by atoms with Gasteiger partial charge in [-0.2, -0.15) is 5.10 Å². The lowest BCUT2D eigenvalue weighted by molar-refractivity contribution is -0.121. The Labute approximate surface area is 190 Å². The summed E-state index contributed by atoms with van der Waals surface area (Å²) < 4.78 is 12.2. The predicted octanol–water partition coefficient (Wildman–Crippen LogP) is 4.99. The van der Waals surface area contributed by atoms with Crippen LogP contribution in [0, 0.1) is 0 Å². The number of benzene rings is 3. The van der Waals surface area contributed by atoms with E-state index >= 15 is 0 Å². The van der Waals surface area contributed by atoms with Gasteiger partial charge in [-0.25, -0.2) is 5.43 Å². The van der Waals surface area contributed by atoms with E-state index in [-0.39, 0.29) is 5.91 Å². The molecule has 2 N–H and O–H groups in total. The number of carbonyl (C=O) groups is 1. The van der Waals surface area contributed by atoms with E-state index in [1.165, 1.54) is 0 Å². The number of halogens is 1. The first kappa shape index (κ1) is 22.4. The number of nitrogens with zero attached hydrogens (tertiary/aromatic N) is 1. The van der Waals surface area contributed by atoms with E-state index in [2.05, 4.69) is 31.8 Å². The van der Waals surface area contributed by atoms with E-state index in [1.54, 1.807) is 20.2 Å². The Morgan fingerprint density at radius 3 is 2.58 bits per heavy atom. The van der Waals surface area contributed by atoms with Crippen LogP contribution in [0.3, 0.4) is 0 Å². The molecule has 0 aromatic heterocycles. The van der Waals surface area contributed by atoms with Crippen LogP contribution >= 0.6 is 15.9 Å². The van der Waals surface area contributed by atoms with Crippen LogP contribution in [0.5, 0.6) is 11.5 Å². The summed E-state index contributed by atoms with van der Waals surface area (Å²) in [5, 5.41) is 7.22. The fourth-order valence-corrected chi connectivity index (χ4v) is 3.28. The number of hydrogen-bond acceptors (Lipinski definition) is 5. The Balaban J connectivity index is 1.58. The molecule has 1 atom stereocenters. The molecule has 0 aliphatic heterocycles. The molecule has 160 valence electrons. The molecule has 0 aliphatic carbocycles. The molecular weight excluding hydrogens is 458 g/mol. The molecule has 0 spiro atoms. The Morgan fingerprint density at radius 2 is 1.81 bits per heavy atom. The Hall–Kier alpha value is -3.32. The Bertz CT molecular complexity index is 1060. The summed E-state index contributed by atoms with van der Waals surface area (Å²) >= 11 is 3.46. The standard InChI is InChI=1S/C24H24BrN3O3/c1-17(27-21-11-4-6-13-23(21)30-2)24(29)28-26-15-19-9-3-5-12-22(19)31-16-18-8-7-10-20(25)14-18/h3-15,17,27H,16H2,1-2H3,(H,28,29)/t17-/m1/s1. The van der Waals surface area contributed by atoms with Gasteiger partial charge in [0.1, 0.15) is 24.1 Å². The van der Waals surface area contributed by atoms with E-state index in [1.807, 2.05) is 72.8 Å². The van der Waals surface area contributed by atoms with Gasteiger partial charge in [-0.05, 0) is 48.9 Å². The van der Waals surface area contributed by atoms with Gasteiger partial charge in [0.15, 0.2) is 0 Å². The van der Waals surface area contributed by atoms with Crippen molar-refractivity contribution in [1.82, 2.24) is 5.43 Å². The highest BCUT2D eigenvalue weighted by Crippen LogP contribution is 2.23. The van der Waals surface area contributed by atoms with Crippen LogP contribution in [-0.2, 0) is 11.4 Å². The van der Waals surface area contributed by atoms with Gasteiger partial charge in [-0.15, -0.1) is 0 Å². The summed E-state index contributed by atoms with van der Waals surface area (Å²) in [7, 11) is 1.59. The summed E-state index contributed by atoms with van der Waals surface area (Å²) in [4.78, 5) is 12.4. The van der Waals surface area contributed by atoms with Gasteiger partial charge >= 0.3 is 0 Å². The van der Waals surface area contributed by atoms with Crippen molar-refractivity contribution in [1.29, 1.82) is 0 Å². The molecule has 0 aliphatic rings. The summed E-state index contributed by atoms with van der Waals surface area (Å²) in [5.74, 6) is 1.08. The molecule has 0 saturated heterocycles. The van der Waals surface area contributed by atoms with E-state index in [9.17, 15) is 4.79 Å². The summed E-state index contributed by atoms with van der Waals surface area (Å²) in [6.45, 7) is 2.18. The minimum atomic E-state index is -0.503. The van der Waals surface area contributed by atoms with E-state index in [0.29, 0.717) is 18.1 Å². The fourth-order valence-electron chi connectivity index (χ4n) is 2.83. The maximum absolute atomic E-state index is 12.4. The van der Waals surface area contributed by atoms with E-state index in [4.69, 9.17) is 9.47 Å². The van der Waals surface area contributed by atoms with Crippen LogP contribution < -0.4 is 20.2 Å². The number of rotatable bonds is 9. The minimum Gasteiger partial charge on any atom is -0.495 e. The average molecular weight is 482 g/mol. The molecule has 0 heterocycles. The zero-order valence-corrected chi connectivity index (χ0v) is 18.9. The third kappa shape index (κ3) is 6.58. The lowest BCUT2D eigenvalue weighted by Gasteiger charge is -2.15. The molecule has 0 fully saturated rings. The highest BCUT2D eigenvalue weighted by molar-refractivity contribution is 9.10. The second-order valence-corrected chi connectivity index (χ2v) is 7.67. The molecule has 7 heteroatoms. The van der Waals surface area contributed by atoms with Gasteiger partial charge in [-0.3, -0.25) is 4.79 Å². The first-order valence-electron chi connectivity index (χ1n) is 9.75. The van der Waals surface area contributed by atoms with Crippen molar-refractivity contribution in [3.05, 3.63) is 88.4 Å². The number of hydrogen-bond donors (Lipinski definition) is 2. The first-order valence-corrected chi connectivity index (χ1v) is 10.5. The number of hydrazone groups is 1. The zero-order valence-electron chi connectivity index (χ0n) is 17.3. The molecule has 0 saturated carbocycles. The van der Waals surface area contributed by atoms with Crippen LogP contribution in [-0.4, -0.2) is 25.3 Å². The highest BCUT2D eigenvalue weighted by atomic mass is 79.9. The van der Waals surface area contributed by atoms with E-state index in [0.717, 1.165) is 21.3 Å². The maximum Gasteiger partial charge on any atom is 0.262 e. The smallest absolute Gasteiger partial charge is 0.262 e. The van der Waals surface area contributed by atoms with Gasteiger partial charge in [0.25, 0.3) is 5.91 Å². The second-order valence-electron chi connectivity index (χ2n) is 6.76. The summed E-state index contributed by atoms with van der Waals surface area (Å²) in [6, 6.07) is 22.4. The average Bonchev–Trinajstić information content (AvgIpc) is 2.78. The van der Waals surface area contributed by atoms with Crippen molar-refractivity contribution < 1.29 is 14.3 Å². The number of para-hydroxylation sites is 3. The SMILES string of the molecule is COc1ccccc1N[C@H](C)C(=O)NN=Cc1ccccc1OCc1cccc(Br)c1. The monoisotopic (exact) mass is 481 g/mol. The summed E-state index contributed by atoms with van der Waals surface area (Å²) in [6.07, 6.45) is 1.57. The van der Waals surface area contributed by atoms with Crippen molar-refractivity contribution in [3.63, 3.8) is 0 Å². The number of anilines is 1. The van der Waals surface area contributed by atoms with Gasteiger partial charge in [0.2, 0.25) is 0 Å². The number of ether oxygens (including phenoxy) is 2. The normalized spacial score (nSPS) is 11.7. The molecule has 0 radical (unpaired) electrons. The molecule has 3 rings (SSSR count). The van der Waals surface area contributed by atoms with Crippen molar-refractivity contribution >= 4 is 33.7 Å². The highest BCUT2D eigenvalue weighted by Gasteiger charge is 2.13. The van der Waals surface area contributed by atoms with Gasteiger partial charge in [0, 0.05) is 10.0 Å². The minimum absolute atomic E-state index is 0.269. The van der Waals surface area contributed by atoms with Gasteiger partial charge in [-0.1, -0.05) is 52.3 Å². The van der Waals surface area contributed by atoms with E-state index < -0.39 is 6.04 Å². The molecule has 31 heavy (non-hydrogen) atoms. The molecule has 0 unspecified atom stereocenters. The van der Waals surface area contributed by atoms with Crippen molar-refractivity contribution in [3.8, 4) is 11.5 Å².